The molecular weight excluding hydrogens is 273 g/mol. The summed E-state index contributed by atoms with van der Waals surface area (Å²) in [6, 6.07) is 4.90. The number of halogens is 2. The molecule has 84 valence electrons. The van der Waals surface area contributed by atoms with E-state index >= 15 is 0 Å². The number of hydrogen-bond donors (Lipinski definition) is 0. The van der Waals surface area contributed by atoms with Crippen molar-refractivity contribution in [2.45, 2.75) is 18.7 Å². The number of alkyl halides is 1. The molecular formula is C11H11BrFN3. The van der Waals surface area contributed by atoms with Crippen molar-refractivity contribution in [2.24, 2.45) is 0 Å². The summed E-state index contributed by atoms with van der Waals surface area (Å²) in [6.07, 6.45) is 1.72. The normalized spacial score (nSPS) is 12.8. The summed E-state index contributed by atoms with van der Waals surface area (Å²) < 4.78 is 15.0. The molecule has 0 spiro atoms. The van der Waals surface area contributed by atoms with Crippen molar-refractivity contribution < 1.29 is 4.39 Å². The lowest BCUT2D eigenvalue weighted by Gasteiger charge is -2.02. The quantitative estimate of drug-likeness (QED) is 0.793. The molecule has 1 unspecified atom stereocenters. The molecule has 16 heavy (non-hydrogen) atoms. The van der Waals surface area contributed by atoms with Gasteiger partial charge in [-0.2, -0.15) is 0 Å². The lowest BCUT2D eigenvalue weighted by atomic mass is 10.2. The Kier molecular flexibility index (Phi) is 3.05. The third-order valence-electron chi connectivity index (χ3n) is 2.27. The van der Waals surface area contributed by atoms with E-state index in [1.165, 1.54) is 10.7 Å². The predicted octanol–water partition coefficient (Wildman–Crippen LogP) is 3.17. The first-order valence-electron chi connectivity index (χ1n) is 4.91. The number of aromatic nitrogens is 3. The Balaban J connectivity index is 2.46. The van der Waals surface area contributed by atoms with Gasteiger partial charge in [0.1, 0.15) is 11.5 Å². The molecule has 0 saturated carbocycles. The first-order valence-corrected chi connectivity index (χ1v) is 5.82. The van der Waals surface area contributed by atoms with E-state index in [1.807, 2.05) is 13.8 Å². The van der Waals surface area contributed by atoms with Crippen LogP contribution in [0.4, 0.5) is 4.39 Å². The average Bonchev–Trinajstić information content (AvgIpc) is 2.70. The number of aryl methyl sites for hydroxylation is 1. The number of hydrogen-bond acceptors (Lipinski definition) is 2. The minimum Gasteiger partial charge on any atom is -0.217 e. The molecule has 0 fully saturated rings. The summed E-state index contributed by atoms with van der Waals surface area (Å²) in [5.41, 5.74) is 2.19. The van der Waals surface area contributed by atoms with Crippen LogP contribution in [0.3, 0.4) is 0 Å². The second-order valence-electron chi connectivity index (χ2n) is 3.66. The van der Waals surface area contributed by atoms with Gasteiger partial charge in [0.2, 0.25) is 0 Å². The first kappa shape index (κ1) is 11.3. The van der Waals surface area contributed by atoms with Crippen LogP contribution in [0.2, 0.25) is 0 Å². The molecule has 1 atom stereocenters. The fourth-order valence-electron chi connectivity index (χ4n) is 1.38. The van der Waals surface area contributed by atoms with E-state index in [-0.39, 0.29) is 10.6 Å². The van der Waals surface area contributed by atoms with Crippen molar-refractivity contribution in [2.75, 3.05) is 0 Å². The summed E-state index contributed by atoms with van der Waals surface area (Å²) in [5, 5.41) is 7.87. The molecule has 0 bridgehead atoms. The van der Waals surface area contributed by atoms with Crippen LogP contribution < -0.4 is 0 Å². The van der Waals surface area contributed by atoms with E-state index in [9.17, 15) is 4.39 Å². The number of nitrogens with zero attached hydrogens (tertiary/aromatic N) is 3. The van der Waals surface area contributed by atoms with E-state index in [1.54, 1.807) is 18.3 Å². The van der Waals surface area contributed by atoms with Gasteiger partial charge in [0.15, 0.2) is 0 Å². The molecule has 0 saturated heterocycles. The Hall–Kier alpha value is -1.23. The molecule has 0 aliphatic carbocycles. The third kappa shape index (κ3) is 2.14. The topological polar surface area (TPSA) is 30.7 Å². The number of benzene rings is 1. The predicted molar refractivity (Wildman–Crippen MR) is 63.4 cm³/mol. The van der Waals surface area contributed by atoms with Gasteiger partial charge in [0.25, 0.3) is 0 Å². The highest BCUT2D eigenvalue weighted by Crippen LogP contribution is 2.20. The highest BCUT2D eigenvalue weighted by molar-refractivity contribution is 9.09. The Bertz CT molecular complexity index is 508. The standard InChI is InChI=1S/C11H11BrFN3/c1-7-3-4-9(13)11(5-7)16-6-10(8(2)12)14-15-16/h3-6,8H,1-2H3. The van der Waals surface area contributed by atoms with Crippen LogP contribution in [0, 0.1) is 12.7 Å². The zero-order valence-corrected chi connectivity index (χ0v) is 10.6. The van der Waals surface area contributed by atoms with E-state index < -0.39 is 0 Å². The maximum atomic E-state index is 13.6. The first-order chi connectivity index (χ1) is 7.58. The highest BCUT2D eigenvalue weighted by atomic mass is 79.9. The second-order valence-corrected chi connectivity index (χ2v) is 5.03. The fraction of sp³-hybridized carbons (Fsp3) is 0.273. The van der Waals surface area contributed by atoms with Gasteiger partial charge >= 0.3 is 0 Å². The molecule has 1 aromatic carbocycles. The molecule has 0 aliphatic rings. The molecule has 0 amide bonds. The summed E-state index contributed by atoms with van der Waals surface area (Å²) in [4.78, 5) is 0.106. The van der Waals surface area contributed by atoms with Crippen molar-refractivity contribution in [3.63, 3.8) is 0 Å². The van der Waals surface area contributed by atoms with Crippen LogP contribution in [0.25, 0.3) is 5.69 Å². The van der Waals surface area contributed by atoms with Gasteiger partial charge in [-0.3, -0.25) is 0 Å². The molecule has 2 rings (SSSR count). The van der Waals surface area contributed by atoms with Gasteiger partial charge in [-0.05, 0) is 31.5 Å². The summed E-state index contributed by atoms with van der Waals surface area (Å²) >= 11 is 3.39. The number of rotatable bonds is 2. The van der Waals surface area contributed by atoms with Gasteiger partial charge in [0.05, 0.1) is 16.7 Å². The monoisotopic (exact) mass is 283 g/mol. The third-order valence-corrected chi connectivity index (χ3v) is 2.74. The highest BCUT2D eigenvalue weighted by Gasteiger charge is 2.10. The molecule has 0 radical (unpaired) electrons. The lowest BCUT2D eigenvalue weighted by Crippen LogP contribution is -1.99. The Morgan fingerprint density at radius 1 is 1.44 bits per heavy atom. The van der Waals surface area contributed by atoms with Crippen LogP contribution in [0.1, 0.15) is 23.0 Å². The van der Waals surface area contributed by atoms with Crippen molar-refractivity contribution in [1.29, 1.82) is 0 Å². The van der Waals surface area contributed by atoms with Crippen molar-refractivity contribution in [3.8, 4) is 5.69 Å². The van der Waals surface area contributed by atoms with Gasteiger partial charge < -0.3 is 0 Å². The van der Waals surface area contributed by atoms with Crippen LogP contribution in [0.5, 0.6) is 0 Å². The molecule has 5 heteroatoms. The smallest absolute Gasteiger partial charge is 0.148 e. The zero-order valence-electron chi connectivity index (χ0n) is 8.98. The molecule has 2 aromatic rings. The second kappa shape index (κ2) is 4.33. The molecule has 0 N–H and O–H groups in total. The molecule has 3 nitrogen and oxygen atoms in total. The Morgan fingerprint density at radius 3 is 2.81 bits per heavy atom. The van der Waals surface area contributed by atoms with Crippen molar-refractivity contribution in [3.05, 3.63) is 41.5 Å². The fourth-order valence-corrected chi connectivity index (χ4v) is 1.58. The Morgan fingerprint density at radius 2 is 2.19 bits per heavy atom. The minimum absolute atomic E-state index is 0.106. The maximum Gasteiger partial charge on any atom is 0.148 e. The molecule has 1 heterocycles. The van der Waals surface area contributed by atoms with Gasteiger partial charge in [0, 0.05) is 0 Å². The van der Waals surface area contributed by atoms with Crippen LogP contribution in [-0.2, 0) is 0 Å². The summed E-state index contributed by atoms with van der Waals surface area (Å²) in [5.74, 6) is -0.302. The van der Waals surface area contributed by atoms with Crippen molar-refractivity contribution >= 4 is 15.9 Å². The van der Waals surface area contributed by atoms with Crippen LogP contribution >= 0.6 is 15.9 Å². The van der Waals surface area contributed by atoms with E-state index in [0.29, 0.717) is 5.69 Å². The zero-order chi connectivity index (χ0) is 11.7. The van der Waals surface area contributed by atoms with Gasteiger partial charge in [-0.15, -0.1) is 5.10 Å². The molecule has 1 aromatic heterocycles. The summed E-state index contributed by atoms with van der Waals surface area (Å²) in [6.45, 7) is 3.86. The lowest BCUT2D eigenvalue weighted by molar-refractivity contribution is 0.606. The molecule has 0 aliphatic heterocycles. The largest absolute Gasteiger partial charge is 0.217 e. The van der Waals surface area contributed by atoms with Gasteiger partial charge in [-0.25, -0.2) is 9.07 Å². The minimum atomic E-state index is -0.302. The van der Waals surface area contributed by atoms with Crippen LogP contribution in [0.15, 0.2) is 24.4 Å². The SMILES string of the molecule is Cc1ccc(F)c(-n2cc(C(C)Br)nn2)c1. The van der Waals surface area contributed by atoms with E-state index in [2.05, 4.69) is 26.2 Å². The Labute approximate surface area is 101 Å². The summed E-state index contributed by atoms with van der Waals surface area (Å²) in [7, 11) is 0. The van der Waals surface area contributed by atoms with Crippen LogP contribution in [-0.4, -0.2) is 15.0 Å². The maximum absolute atomic E-state index is 13.6. The van der Waals surface area contributed by atoms with Crippen molar-refractivity contribution in [1.82, 2.24) is 15.0 Å². The van der Waals surface area contributed by atoms with E-state index in [4.69, 9.17) is 0 Å². The van der Waals surface area contributed by atoms with E-state index in [0.717, 1.165) is 11.3 Å². The van der Waals surface area contributed by atoms with Gasteiger partial charge in [-0.1, -0.05) is 27.2 Å². The average molecular weight is 284 g/mol.